The standard InChI is InChI=1S/C22H20ClFN4O4S2/c1-13(29)25-11-14-4-3-5-15(10-14)12-28-17-7-6-16(24)21(32-2)20(17)22(26-28)27-34(30,31)19-9-8-18(23)33-19/h3-10H,11-12H2,1-2H3,(H,25,29)(H,26,27). The maximum absolute atomic E-state index is 14.5. The van der Waals surface area contributed by atoms with Gasteiger partial charge in [-0.05, 0) is 35.4 Å². The number of methoxy groups -OCH3 is 1. The summed E-state index contributed by atoms with van der Waals surface area (Å²) in [6, 6.07) is 13.1. The van der Waals surface area contributed by atoms with Gasteiger partial charge >= 0.3 is 0 Å². The van der Waals surface area contributed by atoms with Gasteiger partial charge < -0.3 is 10.1 Å². The molecule has 0 unspecified atom stereocenters. The largest absolute Gasteiger partial charge is 0.493 e. The summed E-state index contributed by atoms with van der Waals surface area (Å²) >= 11 is 6.79. The van der Waals surface area contributed by atoms with Crippen molar-refractivity contribution >= 4 is 55.6 Å². The van der Waals surface area contributed by atoms with Crippen LogP contribution in [0.4, 0.5) is 10.2 Å². The summed E-state index contributed by atoms with van der Waals surface area (Å²) in [7, 11) is -2.71. The van der Waals surface area contributed by atoms with Gasteiger partial charge in [0.05, 0.1) is 28.9 Å². The number of amides is 1. The van der Waals surface area contributed by atoms with Gasteiger partial charge in [0.2, 0.25) is 5.91 Å². The van der Waals surface area contributed by atoms with Crippen LogP contribution >= 0.6 is 22.9 Å². The third-order valence-electron chi connectivity index (χ3n) is 4.94. The lowest BCUT2D eigenvalue weighted by molar-refractivity contribution is -0.119. The van der Waals surface area contributed by atoms with Crippen molar-refractivity contribution in [2.24, 2.45) is 0 Å². The van der Waals surface area contributed by atoms with E-state index >= 15 is 0 Å². The molecule has 0 saturated carbocycles. The minimum absolute atomic E-state index is 0.00115. The molecule has 34 heavy (non-hydrogen) atoms. The summed E-state index contributed by atoms with van der Waals surface area (Å²) in [6.07, 6.45) is 0. The zero-order valence-corrected chi connectivity index (χ0v) is 20.5. The van der Waals surface area contributed by atoms with E-state index < -0.39 is 15.8 Å². The molecule has 0 radical (unpaired) electrons. The molecule has 0 spiro atoms. The van der Waals surface area contributed by atoms with Gasteiger partial charge in [-0.15, -0.1) is 11.3 Å². The van der Waals surface area contributed by atoms with Crippen molar-refractivity contribution in [3.8, 4) is 5.75 Å². The molecule has 0 atom stereocenters. The van der Waals surface area contributed by atoms with Crippen molar-refractivity contribution in [3.63, 3.8) is 0 Å². The highest BCUT2D eigenvalue weighted by atomic mass is 35.5. The maximum Gasteiger partial charge on any atom is 0.272 e. The number of hydrogen-bond acceptors (Lipinski definition) is 6. The molecule has 0 fully saturated rings. The predicted octanol–water partition coefficient (Wildman–Crippen LogP) is 4.38. The number of rotatable bonds is 8. The molecule has 8 nitrogen and oxygen atoms in total. The number of fused-ring (bicyclic) bond motifs is 1. The van der Waals surface area contributed by atoms with Crippen molar-refractivity contribution in [2.45, 2.75) is 24.2 Å². The molecular formula is C22H20ClFN4O4S2. The van der Waals surface area contributed by atoms with E-state index in [4.69, 9.17) is 16.3 Å². The van der Waals surface area contributed by atoms with E-state index in [0.29, 0.717) is 16.4 Å². The Bertz CT molecular complexity index is 1480. The highest BCUT2D eigenvalue weighted by Crippen LogP contribution is 2.36. The zero-order valence-electron chi connectivity index (χ0n) is 18.1. The van der Waals surface area contributed by atoms with E-state index in [0.717, 1.165) is 22.5 Å². The summed E-state index contributed by atoms with van der Waals surface area (Å²) < 4.78 is 49.9. The summed E-state index contributed by atoms with van der Waals surface area (Å²) in [6.45, 7) is 2.08. The number of aromatic nitrogens is 2. The Morgan fingerprint density at radius 2 is 1.97 bits per heavy atom. The van der Waals surface area contributed by atoms with E-state index in [2.05, 4.69) is 15.1 Å². The highest BCUT2D eigenvalue weighted by Gasteiger charge is 2.24. The lowest BCUT2D eigenvalue weighted by Gasteiger charge is -2.08. The predicted molar refractivity (Wildman–Crippen MR) is 129 cm³/mol. The van der Waals surface area contributed by atoms with Crippen LogP contribution in [0.15, 0.2) is 52.7 Å². The van der Waals surface area contributed by atoms with Crippen molar-refractivity contribution in [3.05, 3.63) is 69.8 Å². The normalized spacial score (nSPS) is 11.5. The third-order valence-corrected chi connectivity index (χ3v) is 8.00. The van der Waals surface area contributed by atoms with Crippen LogP contribution in [0.1, 0.15) is 18.1 Å². The van der Waals surface area contributed by atoms with Gasteiger partial charge in [0.1, 0.15) is 4.21 Å². The number of nitrogens with one attached hydrogen (secondary N) is 2. The molecule has 0 aliphatic carbocycles. The number of ether oxygens (including phenoxy) is 1. The van der Waals surface area contributed by atoms with E-state index in [1.54, 1.807) is 4.68 Å². The monoisotopic (exact) mass is 522 g/mol. The van der Waals surface area contributed by atoms with Crippen LogP contribution in [0.5, 0.6) is 5.75 Å². The first kappa shape index (κ1) is 24.0. The van der Waals surface area contributed by atoms with Gasteiger partial charge in [0, 0.05) is 13.5 Å². The molecule has 12 heteroatoms. The Hall–Kier alpha value is -3.15. The lowest BCUT2D eigenvalue weighted by Crippen LogP contribution is -2.19. The number of nitrogens with zero attached hydrogens (tertiary/aromatic N) is 2. The van der Waals surface area contributed by atoms with Crippen LogP contribution < -0.4 is 14.8 Å². The van der Waals surface area contributed by atoms with Crippen LogP contribution in [0, 0.1) is 5.82 Å². The molecular weight excluding hydrogens is 503 g/mol. The topological polar surface area (TPSA) is 102 Å². The minimum atomic E-state index is -4.01. The Morgan fingerprint density at radius 1 is 1.21 bits per heavy atom. The third kappa shape index (κ3) is 5.01. The Kier molecular flexibility index (Phi) is 6.78. The molecule has 0 aliphatic heterocycles. The number of anilines is 1. The zero-order chi connectivity index (χ0) is 24.5. The molecule has 2 N–H and O–H groups in total. The van der Waals surface area contributed by atoms with Gasteiger partial charge in [-0.2, -0.15) is 5.10 Å². The van der Waals surface area contributed by atoms with Gasteiger partial charge in [0.15, 0.2) is 17.4 Å². The minimum Gasteiger partial charge on any atom is -0.493 e. The number of benzene rings is 2. The second-order valence-electron chi connectivity index (χ2n) is 7.37. The molecule has 0 bridgehead atoms. The van der Waals surface area contributed by atoms with Gasteiger partial charge in [-0.1, -0.05) is 35.9 Å². The number of carbonyl (C=O) groups excluding carboxylic acids is 1. The summed E-state index contributed by atoms with van der Waals surface area (Å²) in [4.78, 5) is 11.2. The molecule has 0 saturated heterocycles. The van der Waals surface area contributed by atoms with Crippen LogP contribution in [-0.2, 0) is 27.9 Å². The number of thiophene rings is 1. The molecule has 2 aromatic carbocycles. The van der Waals surface area contributed by atoms with Gasteiger partial charge in [-0.3, -0.25) is 14.2 Å². The van der Waals surface area contributed by atoms with E-state index in [1.165, 1.54) is 38.3 Å². The Labute approximate surface area is 204 Å². The van der Waals surface area contributed by atoms with Crippen molar-refractivity contribution < 1.29 is 22.3 Å². The quantitative estimate of drug-likeness (QED) is 0.357. The molecule has 4 aromatic rings. The number of hydrogen-bond donors (Lipinski definition) is 2. The second-order valence-corrected chi connectivity index (χ2v) is 11.0. The number of halogens is 2. The van der Waals surface area contributed by atoms with Crippen LogP contribution in [0.25, 0.3) is 10.9 Å². The summed E-state index contributed by atoms with van der Waals surface area (Å²) in [5, 5.41) is 7.38. The van der Waals surface area contributed by atoms with Crippen molar-refractivity contribution in [1.29, 1.82) is 0 Å². The number of sulfonamides is 1. The molecule has 0 aliphatic rings. The first-order valence-electron chi connectivity index (χ1n) is 10.0. The van der Waals surface area contributed by atoms with Crippen LogP contribution in [0.2, 0.25) is 4.34 Å². The fraction of sp³-hybridized carbons (Fsp3) is 0.182. The summed E-state index contributed by atoms with van der Waals surface area (Å²) in [5.41, 5.74) is 2.23. The van der Waals surface area contributed by atoms with Crippen molar-refractivity contribution in [1.82, 2.24) is 15.1 Å². The first-order valence-corrected chi connectivity index (χ1v) is 12.7. The molecule has 4 rings (SSSR count). The molecule has 2 aromatic heterocycles. The van der Waals surface area contributed by atoms with Gasteiger partial charge in [-0.25, -0.2) is 12.8 Å². The fourth-order valence-corrected chi connectivity index (χ4v) is 5.96. The fourth-order valence-electron chi connectivity index (χ4n) is 3.46. The average molecular weight is 523 g/mol. The lowest BCUT2D eigenvalue weighted by atomic mass is 10.1. The smallest absolute Gasteiger partial charge is 0.272 e. The van der Waals surface area contributed by atoms with Crippen LogP contribution in [-0.4, -0.2) is 31.2 Å². The maximum atomic E-state index is 14.5. The van der Waals surface area contributed by atoms with Gasteiger partial charge in [0.25, 0.3) is 10.0 Å². The van der Waals surface area contributed by atoms with E-state index in [9.17, 15) is 17.6 Å². The molecule has 2 heterocycles. The average Bonchev–Trinajstić information content (AvgIpc) is 3.37. The van der Waals surface area contributed by atoms with E-state index in [-0.39, 0.29) is 33.6 Å². The Morgan fingerprint density at radius 3 is 2.65 bits per heavy atom. The molecule has 178 valence electrons. The van der Waals surface area contributed by atoms with Crippen LogP contribution in [0.3, 0.4) is 0 Å². The van der Waals surface area contributed by atoms with Crippen molar-refractivity contribution in [2.75, 3.05) is 11.8 Å². The van der Waals surface area contributed by atoms with E-state index in [1.807, 2.05) is 24.3 Å². The first-order chi connectivity index (χ1) is 16.2. The number of carbonyl (C=O) groups is 1. The SMILES string of the molecule is COc1c(F)ccc2c1c(NS(=O)(=O)c1ccc(Cl)s1)nn2Cc1cccc(CNC(C)=O)c1. The Balaban J connectivity index is 1.76. The second kappa shape index (κ2) is 9.61. The summed E-state index contributed by atoms with van der Waals surface area (Å²) in [5.74, 6) is -0.969. The molecule has 1 amide bonds. The highest BCUT2D eigenvalue weighted by molar-refractivity contribution is 7.94.